The highest BCUT2D eigenvalue weighted by atomic mass is 16.5. The molecule has 0 saturated heterocycles. The van der Waals surface area contributed by atoms with Crippen LogP contribution in [-0.2, 0) is 14.3 Å². The van der Waals surface area contributed by atoms with E-state index in [1.165, 1.54) is 0 Å². The Kier molecular flexibility index (Phi) is 6.70. The van der Waals surface area contributed by atoms with Gasteiger partial charge in [-0.1, -0.05) is 13.8 Å². The molecule has 1 saturated carbocycles. The normalized spacial score (nSPS) is 25.4. The van der Waals surface area contributed by atoms with Crippen LogP contribution in [0.3, 0.4) is 0 Å². The Morgan fingerprint density at radius 3 is 2.60 bits per heavy atom. The molecular weight excluding hydrogens is 254 g/mol. The summed E-state index contributed by atoms with van der Waals surface area (Å²) in [5, 5.41) is 8.49. The Morgan fingerprint density at radius 2 is 2.05 bits per heavy atom. The van der Waals surface area contributed by atoms with Crippen molar-refractivity contribution in [2.45, 2.75) is 52.9 Å². The van der Waals surface area contributed by atoms with Gasteiger partial charge in [0.15, 0.2) is 0 Å². The van der Waals surface area contributed by atoms with Crippen LogP contribution < -0.4 is 0 Å². The fraction of sp³-hybridized carbons (Fsp3) is 0.812. The summed E-state index contributed by atoms with van der Waals surface area (Å²) in [6, 6.07) is 1.89. The smallest absolute Gasteiger partial charge is 0.309 e. The molecule has 4 heteroatoms. The van der Waals surface area contributed by atoms with Crippen LogP contribution in [0.25, 0.3) is 0 Å². The van der Waals surface area contributed by atoms with E-state index in [-0.39, 0.29) is 24.1 Å². The summed E-state index contributed by atoms with van der Waals surface area (Å²) in [7, 11) is 0. The van der Waals surface area contributed by atoms with Gasteiger partial charge in [0.25, 0.3) is 0 Å². The first-order valence-electron chi connectivity index (χ1n) is 7.54. The number of esters is 1. The Balaban J connectivity index is 2.55. The predicted molar refractivity (Wildman–Crippen MR) is 75.6 cm³/mol. The molecule has 3 atom stereocenters. The Morgan fingerprint density at radius 1 is 1.35 bits per heavy atom. The number of Topliss-reactive ketones (excluding diaryl/α,β-unsaturated/α-hetero) is 1. The Hall–Kier alpha value is -1.37. The summed E-state index contributed by atoms with van der Waals surface area (Å²) < 4.78 is 5.17. The molecule has 0 aliphatic heterocycles. The van der Waals surface area contributed by atoms with Crippen LogP contribution in [-0.4, -0.2) is 18.4 Å². The SMILES string of the molecule is CCOC(=O)[C@@H]1CC(CCC(=O)CC#N)C[C@H]1C(C)C. The van der Waals surface area contributed by atoms with E-state index in [1.54, 1.807) is 0 Å². The first-order valence-corrected chi connectivity index (χ1v) is 7.54. The van der Waals surface area contributed by atoms with Crippen molar-refractivity contribution in [2.75, 3.05) is 6.61 Å². The maximum Gasteiger partial charge on any atom is 0.309 e. The van der Waals surface area contributed by atoms with E-state index < -0.39 is 0 Å². The highest BCUT2D eigenvalue weighted by Gasteiger charge is 2.40. The zero-order chi connectivity index (χ0) is 15.1. The molecule has 0 aromatic heterocycles. The predicted octanol–water partition coefficient (Wildman–Crippen LogP) is 3.11. The molecule has 1 aliphatic rings. The van der Waals surface area contributed by atoms with Gasteiger partial charge >= 0.3 is 5.97 Å². The fourth-order valence-electron chi connectivity index (χ4n) is 3.21. The number of nitrogens with zero attached hydrogens (tertiary/aromatic N) is 1. The van der Waals surface area contributed by atoms with Crippen molar-refractivity contribution >= 4 is 11.8 Å². The molecule has 20 heavy (non-hydrogen) atoms. The van der Waals surface area contributed by atoms with Gasteiger partial charge in [-0.3, -0.25) is 9.59 Å². The third kappa shape index (κ3) is 4.63. The number of nitriles is 1. The van der Waals surface area contributed by atoms with E-state index in [0.29, 0.717) is 30.8 Å². The summed E-state index contributed by atoms with van der Waals surface area (Å²) in [5.74, 6) is 1.10. The molecule has 0 aromatic carbocycles. The zero-order valence-corrected chi connectivity index (χ0v) is 12.7. The lowest BCUT2D eigenvalue weighted by Crippen LogP contribution is -2.24. The van der Waals surface area contributed by atoms with Crippen molar-refractivity contribution in [1.29, 1.82) is 5.26 Å². The van der Waals surface area contributed by atoms with Crippen molar-refractivity contribution in [3.63, 3.8) is 0 Å². The molecule has 1 aliphatic carbocycles. The quantitative estimate of drug-likeness (QED) is 0.671. The second-order valence-corrected chi connectivity index (χ2v) is 6.02. The second-order valence-electron chi connectivity index (χ2n) is 6.02. The topological polar surface area (TPSA) is 67.2 Å². The maximum absolute atomic E-state index is 12.0. The molecule has 112 valence electrons. The van der Waals surface area contributed by atoms with Gasteiger partial charge in [-0.25, -0.2) is 0 Å². The minimum Gasteiger partial charge on any atom is -0.466 e. The molecule has 1 rings (SSSR count). The second kappa shape index (κ2) is 8.04. The highest BCUT2D eigenvalue weighted by Crippen LogP contribution is 2.43. The van der Waals surface area contributed by atoms with Crippen LogP contribution in [0, 0.1) is 35.0 Å². The monoisotopic (exact) mass is 279 g/mol. The lowest BCUT2D eigenvalue weighted by molar-refractivity contribution is -0.149. The van der Waals surface area contributed by atoms with E-state index >= 15 is 0 Å². The van der Waals surface area contributed by atoms with E-state index in [9.17, 15) is 9.59 Å². The summed E-state index contributed by atoms with van der Waals surface area (Å²) in [6.07, 6.45) is 3.06. The largest absolute Gasteiger partial charge is 0.466 e. The van der Waals surface area contributed by atoms with Crippen LogP contribution in [0.1, 0.15) is 52.9 Å². The first kappa shape index (κ1) is 16.7. The molecule has 0 amide bonds. The summed E-state index contributed by atoms with van der Waals surface area (Å²) in [6.45, 7) is 6.53. The number of carbonyl (C=O) groups excluding carboxylic acids is 2. The van der Waals surface area contributed by atoms with Crippen LogP contribution in [0.5, 0.6) is 0 Å². The van der Waals surface area contributed by atoms with Gasteiger partial charge < -0.3 is 4.74 Å². The molecular formula is C16H25NO3. The summed E-state index contributed by atoms with van der Waals surface area (Å²) in [5.41, 5.74) is 0. The van der Waals surface area contributed by atoms with E-state index in [1.807, 2.05) is 13.0 Å². The van der Waals surface area contributed by atoms with Crippen molar-refractivity contribution < 1.29 is 14.3 Å². The van der Waals surface area contributed by atoms with Gasteiger partial charge in [0.05, 0.1) is 25.0 Å². The molecule has 4 nitrogen and oxygen atoms in total. The van der Waals surface area contributed by atoms with Crippen molar-refractivity contribution in [3.05, 3.63) is 0 Å². The third-order valence-corrected chi connectivity index (χ3v) is 4.26. The van der Waals surface area contributed by atoms with Crippen molar-refractivity contribution in [2.24, 2.45) is 23.7 Å². The molecule has 0 aromatic rings. The van der Waals surface area contributed by atoms with E-state index in [4.69, 9.17) is 10.00 Å². The number of ketones is 1. The van der Waals surface area contributed by atoms with Crippen LogP contribution in [0.15, 0.2) is 0 Å². The summed E-state index contributed by atoms with van der Waals surface area (Å²) in [4.78, 5) is 23.4. The lowest BCUT2D eigenvalue weighted by Gasteiger charge is -2.21. The molecule has 0 heterocycles. The highest BCUT2D eigenvalue weighted by molar-refractivity contribution is 5.80. The van der Waals surface area contributed by atoms with Gasteiger partial charge in [0.2, 0.25) is 0 Å². The third-order valence-electron chi connectivity index (χ3n) is 4.26. The minimum absolute atomic E-state index is 0.00162. The maximum atomic E-state index is 12.0. The average molecular weight is 279 g/mol. The Labute approximate surface area is 121 Å². The van der Waals surface area contributed by atoms with Crippen LogP contribution in [0.4, 0.5) is 0 Å². The number of rotatable bonds is 7. The summed E-state index contributed by atoms with van der Waals surface area (Å²) >= 11 is 0. The molecule has 0 bridgehead atoms. The number of ether oxygens (including phenoxy) is 1. The van der Waals surface area contributed by atoms with Crippen molar-refractivity contribution in [1.82, 2.24) is 0 Å². The van der Waals surface area contributed by atoms with E-state index in [0.717, 1.165) is 19.3 Å². The number of carbonyl (C=O) groups is 2. The van der Waals surface area contributed by atoms with E-state index in [2.05, 4.69) is 13.8 Å². The molecule has 0 spiro atoms. The number of hydrogen-bond acceptors (Lipinski definition) is 4. The molecule has 1 unspecified atom stereocenters. The fourth-order valence-corrected chi connectivity index (χ4v) is 3.21. The zero-order valence-electron chi connectivity index (χ0n) is 12.7. The lowest BCUT2D eigenvalue weighted by atomic mass is 9.86. The average Bonchev–Trinajstić information content (AvgIpc) is 2.81. The van der Waals surface area contributed by atoms with Gasteiger partial charge in [0.1, 0.15) is 5.78 Å². The van der Waals surface area contributed by atoms with Gasteiger partial charge in [-0.15, -0.1) is 0 Å². The molecule has 1 fully saturated rings. The van der Waals surface area contributed by atoms with Gasteiger partial charge in [0, 0.05) is 6.42 Å². The van der Waals surface area contributed by atoms with Crippen molar-refractivity contribution in [3.8, 4) is 6.07 Å². The molecule has 0 N–H and O–H groups in total. The Bertz CT molecular complexity index is 384. The molecule has 0 radical (unpaired) electrons. The minimum atomic E-state index is -0.0861. The number of hydrogen-bond donors (Lipinski definition) is 0. The van der Waals surface area contributed by atoms with Crippen LogP contribution >= 0.6 is 0 Å². The van der Waals surface area contributed by atoms with Gasteiger partial charge in [-0.05, 0) is 43.9 Å². The standard InChI is InChI=1S/C16H25NO3/c1-4-20-16(19)15-10-12(9-14(15)11(2)3)5-6-13(18)7-8-17/h11-12,14-15H,4-7,9-10H2,1-3H3/t12?,14-,15+/m0/s1. The van der Waals surface area contributed by atoms with Crippen LogP contribution in [0.2, 0.25) is 0 Å². The van der Waals surface area contributed by atoms with Gasteiger partial charge in [-0.2, -0.15) is 5.26 Å². The first-order chi connectivity index (χ1) is 9.49.